The maximum absolute atomic E-state index is 12.3. The number of esters is 1. The number of benzene rings is 2. The number of carboxylic acid groups (broad SMARTS) is 1. The number of nitrogens with one attached hydrogen (secondary N) is 1. The Morgan fingerprint density at radius 3 is 2.31 bits per heavy atom. The van der Waals surface area contributed by atoms with E-state index in [0.29, 0.717) is 5.56 Å². The molecule has 0 saturated carbocycles. The van der Waals surface area contributed by atoms with Crippen LogP contribution in [0.25, 0.3) is 0 Å². The van der Waals surface area contributed by atoms with Crippen LogP contribution in [-0.2, 0) is 30.5 Å². The molecule has 2 rings (SSSR count). The minimum atomic E-state index is -1.48. The third kappa shape index (κ3) is 7.47. The van der Waals surface area contributed by atoms with Gasteiger partial charge >= 0.3 is 11.9 Å². The van der Waals surface area contributed by atoms with E-state index >= 15 is 0 Å². The number of ether oxygens (including phenoxy) is 2. The summed E-state index contributed by atoms with van der Waals surface area (Å²) in [6.07, 6.45) is -0.340. The number of nitro groups is 1. The quantitative estimate of drug-likeness (QED) is 0.288. The molecule has 32 heavy (non-hydrogen) atoms. The van der Waals surface area contributed by atoms with Crippen LogP contribution in [0.3, 0.4) is 0 Å². The van der Waals surface area contributed by atoms with Crippen molar-refractivity contribution >= 4 is 23.5 Å². The van der Waals surface area contributed by atoms with Crippen LogP contribution < -0.4 is 5.32 Å². The summed E-state index contributed by atoms with van der Waals surface area (Å²) in [5.41, 5.74) is 0.997. The number of aliphatic carboxylic acids is 1. The molecule has 0 radical (unpaired) electrons. The minimum absolute atomic E-state index is 0.100. The SMILES string of the molecule is CCOC(=O)C[C@@H](c1ccc([N+](=O)[O-])cc1)[C@@H](NC(=O)COCc1ccccc1)C(=O)O. The van der Waals surface area contributed by atoms with Gasteiger partial charge in [-0.15, -0.1) is 0 Å². The Balaban J connectivity index is 2.14. The molecular formula is C22H24N2O8. The van der Waals surface area contributed by atoms with E-state index in [9.17, 15) is 29.6 Å². The van der Waals surface area contributed by atoms with Crippen molar-refractivity contribution in [3.05, 3.63) is 75.8 Å². The Hall–Kier alpha value is -3.79. The minimum Gasteiger partial charge on any atom is -0.480 e. The number of nitro benzene ring substituents is 1. The fraction of sp³-hybridized carbons (Fsp3) is 0.318. The number of carboxylic acids is 1. The molecule has 2 aromatic rings. The first-order valence-corrected chi connectivity index (χ1v) is 9.85. The molecule has 170 valence electrons. The normalized spacial score (nSPS) is 12.4. The second kappa shape index (κ2) is 12.2. The van der Waals surface area contributed by atoms with Crippen molar-refractivity contribution in [3.8, 4) is 0 Å². The van der Waals surface area contributed by atoms with E-state index in [2.05, 4.69) is 5.32 Å². The van der Waals surface area contributed by atoms with E-state index < -0.39 is 34.7 Å². The Bertz CT molecular complexity index is 931. The molecule has 2 aromatic carbocycles. The molecule has 10 nitrogen and oxygen atoms in total. The van der Waals surface area contributed by atoms with Crippen LogP contribution in [0.1, 0.15) is 30.4 Å². The lowest BCUT2D eigenvalue weighted by Crippen LogP contribution is -2.46. The molecule has 0 aliphatic rings. The van der Waals surface area contributed by atoms with Gasteiger partial charge in [0.1, 0.15) is 12.6 Å². The van der Waals surface area contributed by atoms with E-state index in [-0.39, 0.29) is 31.9 Å². The van der Waals surface area contributed by atoms with Gasteiger partial charge in [-0.05, 0) is 18.1 Å². The van der Waals surface area contributed by atoms with E-state index in [1.807, 2.05) is 30.3 Å². The first-order valence-electron chi connectivity index (χ1n) is 9.85. The zero-order valence-electron chi connectivity index (χ0n) is 17.4. The van der Waals surface area contributed by atoms with Crippen LogP contribution in [0.4, 0.5) is 5.69 Å². The van der Waals surface area contributed by atoms with Crippen molar-refractivity contribution in [1.82, 2.24) is 5.32 Å². The maximum atomic E-state index is 12.3. The van der Waals surface area contributed by atoms with Gasteiger partial charge in [0, 0.05) is 18.1 Å². The number of hydrogen-bond donors (Lipinski definition) is 2. The van der Waals surface area contributed by atoms with Gasteiger partial charge in [-0.2, -0.15) is 0 Å². The Kier molecular flexibility index (Phi) is 9.30. The van der Waals surface area contributed by atoms with Crippen molar-refractivity contribution < 1.29 is 33.9 Å². The molecule has 0 aliphatic carbocycles. The summed E-state index contributed by atoms with van der Waals surface area (Å²) < 4.78 is 10.3. The maximum Gasteiger partial charge on any atom is 0.326 e. The highest BCUT2D eigenvalue weighted by molar-refractivity contribution is 5.86. The van der Waals surface area contributed by atoms with Gasteiger partial charge in [-0.3, -0.25) is 19.7 Å². The number of carbonyl (C=O) groups is 3. The van der Waals surface area contributed by atoms with E-state index in [1.165, 1.54) is 24.3 Å². The Morgan fingerprint density at radius 2 is 1.75 bits per heavy atom. The average molecular weight is 444 g/mol. The van der Waals surface area contributed by atoms with Crippen LogP contribution in [0.2, 0.25) is 0 Å². The lowest BCUT2D eigenvalue weighted by Gasteiger charge is -2.24. The molecule has 2 N–H and O–H groups in total. The number of nitrogens with zero attached hydrogens (tertiary/aromatic N) is 1. The molecule has 0 unspecified atom stereocenters. The predicted molar refractivity (Wildman–Crippen MR) is 113 cm³/mol. The largest absolute Gasteiger partial charge is 0.480 e. The highest BCUT2D eigenvalue weighted by Gasteiger charge is 2.33. The molecule has 0 heterocycles. The summed E-state index contributed by atoms with van der Waals surface area (Å²) in [5, 5.41) is 23.0. The summed E-state index contributed by atoms with van der Waals surface area (Å²) in [4.78, 5) is 46.7. The Morgan fingerprint density at radius 1 is 1.09 bits per heavy atom. The summed E-state index contributed by atoms with van der Waals surface area (Å²) >= 11 is 0. The number of hydrogen-bond acceptors (Lipinski definition) is 7. The van der Waals surface area contributed by atoms with Gasteiger partial charge in [0.15, 0.2) is 0 Å². The van der Waals surface area contributed by atoms with Gasteiger partial charge in [-0.1, -0.05) is 42.5 Å². The molecule has 10 heteroatoms. The molecule has 2 atom stereocenters. The van der Waals surface area contributed by atoms with Crippen molar-refractivity contribution in [2.24, 2.45) is 0 Å². The van der Waals surface area contributed by atoms with Gasteiger partial charge < -0.3 is 19.9 Å². The molecule has 0 bridgehead atoms. The lowest BCUT2D eigenvalue weighted by molar-refractivity contribution is -0.384. The predicted octanol–water partition coefficient (Wildman–Crippen LogP) is 2.42. The van der Waals surface area contributed by atoms with Gasteiger partial charge in [-0.25, -0.2) is 4.79 Å². The molecule has 1 amide bonds. The van der Waals surface area contributed by atoms with Gasteiger partial charge in [0.25, 0.3) is 5.69 Å². The van der Waals surface area contributed by atoms with E-state index in [1.54, 1.807) is 6.92 Å². The molecule has 0 spiro atoms. The third-order valence-electron chi connectivity index (χ3n) is 4.55. The second-order valence-corrected chi connectivity index (χ2v) is 6.83. The molecule has 0 fully saturated rings. The number of non-ortho nitro benzene ring substituents is 1. The number of carbonyl (C=O) groups excluding carboxylic acids is 2. The van der Waals surface area contributed by atoms with E-state index in [0.717, 1.165) is 5.56 Å². The lowest BCUT2D eigenvalue weighted by atomic mass is 9.88. The monoisotopic (exact) mass is 444 g/mol. The molecule has 0 aliphatic heterocycles. The van der Waals surface area contributed by atoms with Gasteiger partial charge in [0.05, 0.1) is 24.6 Å². The standard InChI is InChI=1S/C22H24N2O8/c1-2-32-20(26)12-18(16-8-10-17(11-9-16)24(29)30)21(22(27)28)23-19(25)14-31-13-15-6-4-3-5-7-15/h3-11,18,21H,2,12-14H2,1H3,(H,23,25)(H,27,28)/t18-,21+/m0/s1. The van der Waals surface area contributed by atoms with Crippen LogP contribution >= 0.6 is 0 Å². The van der Waals surface area contributed by atoms with Crippen LogP contribution in [0, 0.1) is 10.1 Å². The summed E-state index contributed by atoms with van der Waals surface area (Å²) in [7, 11) is 0. The van der Waals surface area contributed by atoms with Crippen molar-refractivity contribution in [1.29, 1.82) is 0 Å². The highest BCUT2D eigenvalue weighted by atomic mass is 16.6. The van der Waals surface area contributed by atoms with Crippen LogP contribution in [0.5, 0.6) is 0 Å². The molecule has 0 saturated heterocycles. The third-order valence-corrected chi connectivity index (χ3v) is 4.55. The zero-order chi connectivity index (χ0) is 23.5. The highest BCUT2D eigenvalue weighted by Crippen LogP contribution is 2.27. The Labute approximate surface area is 184 Å². The van der Waals surface area contributed by atoms with Crippen molar-refractivity contribution in [2.75, 3.05) is 13.2 Å². The van der Waals surface area contributed by atoms with Crippen LogP contribution in [-0.4, -0.2) is 47.1 Å². The molecular weight excluding hydrogens is 420 g/mol. The smallest absolute Gasteiger partial charge is 0.326 e. The first-order chi connectivity index (χ1) is 15.3. The van der Waals surface area contributed by atoms with Gasteiger partial charge in [0.2, 0.25) is 5.91 Å². The van der Waals surface area contributed by atoms with E-state index in [4.69, 9.17) is 9.47 Å². The topological polar surface area (TPSA) is 145 Å². The van der Waals surface area contributed by atoms with Crippen LogP contribution in [0.15, 0.2) is 54.6 Å². The van der Waals surface area contributed by atoms with Crippen molar-refractivity contribution in [3.63, 3.8) is 0 Å². The molecule has 0 aromatic heterocycles. The second-order valence-electron chi connectivity index (χ2n) is 6.83. The average Bonchev–Trinajstić information content (AvgIpc) is 2.77. The summed E-state index contributed by atoms with van der Waals surface area (Å²) in [5.74, 6) is -3.71. The fourth-order valence-electron chi connectivity index (χ4n) is 3.06. The summed E-state index contributed by atoms with van der Waals surface area (Å²) in [6.45, 7) is 1.49. The number of rotatable bonds is 12. The fourth-order valence-corrected chi connectivity index (χ4v) is 3.06. The summed E-state index contributed by atoms with van der Waals surface area (Å²) in [6, 6.07) is 12.8. The first kappa shape index (κ1) is 24.5. The van der Waals surface area contributed by atoms with Crippen molar-refractivity contribution in [2.45, 2.75) is 31.9 Å². The zero-order valence-corrected chi connectivity index (χ0v) is 17.4. The number of amides is 1.